The van der Waals surface area contributed by atoms with Crippen molar-refractivity contribution < 1.29 is 14.7 Å². The number of carboxylic acid groups (broad SMARTS) is 1. The van der Waals surface area contributed by atoms with Crippen LogP contribution in [0.5, 0.6) is 0 Å². The third-order valence-electron chi connectivity index (χ3n) is 2.75. The number of benzene rings is 1. The zero-order chi connectivity index (χ0) is 13.0. The Kier molecular flexibility index (Phi) is 4.44. The number of carbonyl (C=O) groups is 2. The van der Waals surface area contributed by atoms with Crippen LogP contribution >= 0.6 is 0 Å². The van der Waals surface area contributed by atoms with Crippen molar-refractivity contribution in [2.75, 3.05) is 0 Å². The van der Waals surface area contributed by atoms with E-state index < -0.39 is 5.97 Å². The molecular weight excluding hydrogens is 216 g/mol. The summed E-state index contributed by atoms with van der Waals surface area (Å²) in [6.07, 6.45) is 0.327. The fourth-order valence-corrected chi connectivity index (χ4v) is 1.83. The van der Waals surface area contributed by atoms with Crippen LogP contribution in [-0.4, -0.2) is 16.9 Å². The topological polar surface area (TPSA) is 54.4 Å². The lowest BCUT2D eigenvalue weighted by atomic mass is 9.94. The lowest BCUT2D eigenvalue weighted by Crippen LogP contribution is -2.11. The van der Waals surface area contributed by atoms with Crippen molar-refractivity contribution in [3.63, 3.8) is 0 Å². The zero-order valence-corrected chi connectivity index (χ0v) is 10.5. The largest absolute Gasteiger partial charge is 0.481 e. The number of aliphatic carboxylic acids is 1. The quantitative estimate of drug-likeness (QED) is 0.797. The van der Waals surface area contributed by atoms with Gasteiger partial charge in [-0.1, -0.05) is 24.6 Å². The van der Waals surface area contributed by atoms with Gasteiger partial charge in [0.15, 0.2) is 5.78 Å². The summed E-state index contributed by atoms with van der Waals surface area (Å²) < 4.78 is 0. The first-order chi connectivity index (χ1) is 7.90. The molecule has 17 heavy (non-hydrogen) atoms. The molecule has 0 saturated heterocycles. The summed E-state index contributed by atoms with van der Waals surface area (Å²) >= 11 is 0. The molecule has 0 amide bonds. The summed E-state index contributed by atoms with van der Waals surface area (Å²) in [6, 6.07) is 5.75. The van der Waals surface area contributed by atoms with Gasteiger partial charge in [0.1, 0.15) is 0 Å². The van der Waals surface area contributed by atoms with E-state index in [4.69, 9.17) is 5.11 Å². The van der Waals surface area contributed by atoms with Gasteiger partial charge in [-0.3, -0.25) is 9.59 Å². The van der Waals surface area contributed by atoms with Crippen LogP contribution in [-0.2, 0) is 4.79 Å². The number of hydrogen-bond donors (Lipinski definition) is 1. The van der Waals surface area contributed by atoms with E-state index in [1.54, 1.807) is 6.92 Å². The van der Waals surface area contributed by atoms with Crippen LogP contribution in [0.1, 0.15) is 41.3 Å². The highest BCUT2D eigenvalue weighted by atomic mass is 16.4. The van der Waals surface area contributed by atoms with Crippen LogP contribution in [0.4, 0.5) is 0 Å². The van der Waals surface area contributed by atoms with Crippen LogP contribution in [0.2, 0.25) is 0 Å². The molecule has 1 unspecified atom stereocenters. The minimum atomic E-state index is -0.855. The fraction of sp³-hybridized carbons (Fsp3) is 0.429. The van der Waals surface area contributed by atoms with Crippen molar-refractivity contribution in [2.45, 2.75) is 33.6 Å². The Labute approximate surface area is 101 Å². The second-order valence-electron chi connectivity index (χ2n) is 4.65. The predicted octanol–water partition coefficient (Wildman–Crippen LogP) is 2.99. The van der Waals surface area contributed by atoms with Gasteiger partial charge in [0.05, 0.1) is 0 Å². The smallest absolute Gasteiger partial charge is 0.303 e. The lowest BCUT2D eigenvalue weighted by Gasteiger charge is -2.10. The Morgan fingerprint density at radius 2 is 1.88 bits per heavy atom. The summed E-state index contributed by atoms with van der Waals surface area (Å²) in [5, 5.41) is 8.65. The van der Waals surface area contributed by atoms with E-state index >= 15 is 0 Å². The average molecular weight is 234 g/mol. The van der Waals surface area contributed by atoms with Gasteiger partial charge in [0.2, 0.25) is 0 Å². The molecule has 0 spiro atoms. The molecule has 0 aliphatic heterocycles. The first kappa shape index (κ1) is 13.4. The Balaban J connectivity index is 2.76. The lowest BCUT2D eigenvalue weighted by molar-refractivity contribution is -0.137. The molecule has 0 aromatic heterocycles. The molecule has 0 aliphatic carbocycles. The van der Waals surface area contributed by atoms with Gasteiger partial charge in [-0.25, -0.2) is 0 Å². The van der Waals surface area contributed by atoms with E-state index in [0.717, 1.165) is 11.1 Å². The standard InChI is InChI=1S/C14H18O3/c1-9-4-5-11(3)12(6-9)13(15)7-10(2)8-14(16)17/h4-6,10H,7-8H2,1-3H3,(H,16,17). The second-order valence-corrected chi connectivity index (χ2v) is 4.65. The summed E-state index contributed by atoms with van der Waals surface area (Å²) in [5.74, 6) is -0.953. The van der Waals surface area contributed by atoms with Crippen LogP contribution < -0.4 is 0 Å². The second kappa shape index (κ2) is 5.62. The molecule has 0 fully saturated rings. The molecular formula is C14H18O3. The van der Waals surface area contributed by atoms with Gasteiger partial charge >= 0.3 is 5.97 Å². The average Bonchev–Trinajstić information content (AvgIpc) is 2.20. The summed E-state index contributed by atoms with van der Waals surface area (Å²) in [4.78, 5) is 22.6. The van der Waals surface area contributed by atoms with Gasteiger partial charge in [0, 0.05) is 18.4 Å². The highest BCUT2D eigenvalue weighted by Gasteiger charge is 2.15. The van der Waals surface area contributed by atoms with Crippen molar-refractivity contribution in [1.29, 1.82) is 0 Å². The summed E-state index contributed by atoms with van der Waals surface area (Å²) in [6.45, 7) is 5.63. The molecule has 3 heteroatoms. The monoisotopic (exact) mass is 234 g/mol. The van der Waals surface area contributed by atoms with E-state index in [1.165, 1.54) is 0 Å². The number of rotatable bonds is 5. The van der Waals surface area contributed by atoms with Crippen molar-refractivity contribution in [3.05, 3.63) is 34.9 Å². The number of Topliss-reactive ketones (excluding diaryl/α,β-unsaturated/α-hetero) is 1. The number of carbonyl (C=O) groups excluding carboxylic acids is 1. The van der Waals surface area contributed by atoms with Crippen molar-refractivity contribution in [2.24, 2.45) is 5.92 Å². The summed E-state index contributed by atoms with van der Waals surface area (Å²) in [7, 11) is 0. The number of ketones is 1. The van der Waals surface area contributed by atoms with Crippen LogP contribution in [0.25, 0.3) is 0 Å². The maximum atomic E-state index is 12.0. The molecule has 0 radical (unpaired) electrons. The Morgan fingerprint density at radius 3 is 2.47 bits per heavy atom. The highest BCUT2D eigenvalue weighted by molar-refractivity contribution is 5.97. The van der Waals surface area contributed by atoms with Crippen LogP contribution in [0.3, 0.4) is 0 Å². The molecule has 0 aliphatic rings. The third kappa shape index (κ3) is 4.02. The molecule has 1 atom stereocenters. The minimum absolute atomic E-state index is 0.0277. The molecule has 0 heterocycles. The highest BCUT2D eigenvalue weighted by Crippen LogP contribution is 2.17. The van der Waals surface area contributed by atoms with Gasteiger partial charge in [-0.15, -0.1) is 0 Å². The first-order valence-corrected chi connectivity index (χ1v) is 5.72. The van der Waals surface area contributed by atoms with E-state index in [9.17, 15) is 9.59 Å². The van der Waals surface area contributed by atoms with Crippen molar-refractivity contribution in [3.8, 4) is 0 Å². The Hall–Kier alpha value is -1.64. The molecule has 3 nitrogen and oxygen atoms in total. The van der Waals surface area contributed by atoms with Crippen molar-refractivity contribution >= 4 is 11.8 Å². The van der Waals surface area contributed by atoms with Gasteiger partial charge in [-0.05, 0) is 31.4 Å². The number of hydrogen-bond acceptors (Lipinski definition) is 2. The molecule has 1 N–H and O–H groups in total. The van der Waals surface area contributed by atoms with Crippen LogP contribution in [0, 0.1) is 19.8 Å². The number of carboxylic acids is 1. The molecule has 0 saturated carbocycles. The van der Waals surface area contributed by atoms with Gasteiger partial charge < -0.3 is 5.11 Å². The predicted molar refractivity (Wildman–Crippen MR) is 66.3 cm³/mol. The maximum Gasteiger partial charge on any atom is 0.303 e. The van der Waals surface area contributed by atoms with E-state index in [-0.39, 0.29) is 24.5 Å². The minimum Gasteiger partial charge on any atom is -0.481 e. The maximum absolute atomic E-state index is 12.0. The first-order valence-electron chi connectivity index (χ1n) is 5.72. The molecule has 1 rings (SSSR count). The molecule has 1 aromatic rings. The van der Waals surface area contributed by atoms with Crippen LogP contribution in [0.15, 0.2) is 18.2 Å². The SMILES string of the molecule is Cc1ccc(C)c(C(=O)CC(C)CC(=O)O)c1. The van der Waals surface area contributed by atoms with E-state index in [1.807, 2.05) is 32.0 Å². The van der Waals surface area contributed by atoms with E-state index in [2.05, 4.69) is 0 Å². The fourth-order valence-electron chi connectivity index (χ4n) is 1.83. The molecule has 0 bridgehead atoms. The molecule has 1 aromatic carbocycles. The molecule has 92 valence electrons. The summed E-state index contributed by atoms with van der Waals surface area (Å²) in [5.41, 5.74) is 2.70. The van der Waals surface area contributed by atoms with Gasteiger partial charge in [-0.2, -0.15) is 0 Å². The zero-order valence-electron chi connectivity index (χ0n) is 10.5. The van der Waals surface area contributed by atoms with Gasteiger partial charge in [0.25, 0.3) is 0 Å². The normalized spacial score (nSPS) is 12.2. The number of aryl methyl sites for hydroxylation is 2. The van der Waals surface area contributed by atoms with Crippen molar-refractivity contribution in [1.82, 2.24) is 0 Å². The van der Waals surface area contributed by atoms with E-state index in [0.29, 0.717) is 5.56 Å². The Morgan fingerprint density at radius 1 is 1.24 bits per heavy atom. The Bertz CT molecular complexity index is 435. The third-order valence-corrected chi connectivity index (χ3v) is 2.75.